The number of ether oxygens (including phenoxy) is 2. The molecule has 1 amide bonds. The number of hydrogen-bond acceptors (Lipinski definition) is 5. The van der Waals surface area contributed by atoms with E-state index in [0.717, 1.165) is 40.9 Å². The summed E-state index contributed by atoms with van der Waals surface area (Å²) in [7, 11) is 1.56. The third-order valence-electron chi connectivity index (χ3n) is 6.43. The number of anilines is 1. The van der Waals surface area contributed by atoms with Crippen molar-refractivity contribution in [3.8, 4) is 17.2 Å². The number of fused-ring (bicyclic) bond motifs is 1. The summed E-state index contributed by atoms with van der Waals surface area (Å²) in [6.07, 6.45) is 2.04. The lowest BCUT2D eigenvalue weighted by Gasteiger charge is -2.24. The van der Waals surface area contributed by atoms with Crippen molar-refractivity contribution < 1.29 is 19.1 Å². The van der Waals surface area contributed by atoms with Crippen LogP contribution in [0.1, 0.15) is 64.8 Å². The van der Waals surface area contributed by atoms with Crippen LogP contribution in [-0.2, 0) is 4.79 Å². The molecular weight excluding hydrogens is 430 g/mol. The van der Waals surface area contributed by atoms with Gasteiger partial charge in [-0.1, -0.05) is 25.5 Å². The first-order valence-corrected chi connectivity index (χ1v) is 11.7. The Bertz CT molecular complexity index is 1240. The molecule has 3 aromatic rings. The molecule has 7 heteroatoms. The van der Waals surface area contributed by atoms with Gasteiger partial charge in [0.2, 0.25) is 5.91 Å². The van der Waals surface area contributed by atoms with E-state index in [1.807, 2.05) is 39.0 Å². The number of rotatable bonds is 8. The molecule has 34 heavy (non-hydrogen) atoms. The van der Waals surface area contributed by atoms with E-state index >= 15 is 0 Å². The fourth-order valence-electron chi connectivity index (χ4n) is 4.38. The molecular formula is C27H31N3O4. The van der Waals surface area contributed by atoms with Gasteiger partial charge in [0.15, 0.2) is 17.3 Å². The summed E-state index contributed by atoms with van der Waals surface area (Å²) in [5.41, 5.74) is 5.03. The summed E-state index contributed by atoms with van der Waals surface area (Å²) < 4.78 is 13.0. The fourth-order valence-corrected chi connectivity index (χ4v) is 4.38. The van der Waals surface area contributed by atoms with Gasteiger partial charge in [0, 0.05) is 17.5 Å². The summed E-state index contributed by atoms with van der Waals surface area (Å²) in [5.74, 6) is 0.701. The molecule has 1 atom stereocenters. The van der Waals surface area contributed by atoms with Crippen LogP contribution in [0.3, 0.4) is 0 Å². The lowest BCUT2D eigenvalue weighted by molar-refractivity contribution is -0.116. The van der Waals surface area contributed by atoms with Crippen LogP contribution in [-0.4, -0.2) is 35.2 Å². The maximum atomic E-state index is 13.7. The van der Waals surface area contributed by atoms with Crippen molar-refractivity contribution in [1.82, 2.24) is 9.78 Å². The summed E-state index contributed by atoms with van der Waals surface area (Å²) in [4.78, 5) is 26.3. The zero-order chi connectivity index (χ0) is 24.4. The van der Waals surface area contributed by atoms with Crippen molar-refractivity contribution in [2.45, 2.75) is 52.9 Å². The van der Waals surface area contributed by atoms with E-state index in [0.29, 0.717) is 29.5 Å². The van der Waals surface area contributed by atoms with Gasteiger partial charge in [-0.2, -0.15) is 5.10 Å². The molecule has 0 radical (unpaired) electrons. The predicted octanol–water partition coefficient (Wildman–Crippen LogP) is 5.29. The largest absolute Gasteiger partial charge is 0.493 e. The van der Waals surface area contributed by atoms with Gasteiger partial charge in [-0.3, -0.25) is 9.59 Å². The summed E-state index contributed by atoms with van der Waals surface area (Å²) in [6, 6.07) is 11.2. The van der Waals surface area contributed by atoms with Crippen molar-refractivity contribution in [1.29, 1.82) is 0 Å². The van der Waals surface area contributed by atoms with Gasteiger partial charge in [0.25, 0.3) is 0 Å². The standard InChI is InChI=1S/C27H31N3O4/c1-6-7-13-34-22-12-11-19(14-23(22)33-5)26(32)20-15-24(31)28-27-25(20)18(4)29-30(27)21-10-8-9-16(2)17(21)3/h8-12,14,20H,6-7,13,15H2,1-5H3,(H,28,31)/t20-/m1/s1. The van der Waals surface area contributed by atoms with Crippen LogP contribution >= 0.6 is 0 Å². The van der Waals surface area contributed by atoms with Crippen molar-refractivity contribution in [3.63, 3.8) is 0 Å². The SMILES string of the molecule is CCCCOc1ccc(C(=O)[C@@H]2CC(=O)Nc3c2c(C)nn3-c2cccc(C)c2C)cc1OC. The quantitative estimate of drug-likeness (QED) is 0.364. The number of aromatic nitrogens is 2. The number of nitrogens with one attached hydrogen (secondary N) is 1. The molecule has 1 N–H and O–H groups in total. The van der Waals surface area contributed by atoms with Crippen LogP contribution in [0.2, 0.25) is 0 Å². The van der Waals surface area contributed by atoms with Crippen molar-refractivity contribution in [3.05, 3.63) is 64.3 Å². The summed E-state index contributed by atoms with van der Waals surface area (Å²) in [5, 5.41) is 7.68. The topological polar surface area (TPSA) is 82.5 Å². The molecule has 4 rings (SSSR count). The number of aryl methyl sites for hydroxylation is 2. The monoisotopic (exact) mass is 461 g/mol. The zero-order valence-electron chi connectivity index (χ0n) is 20.4. The first-order valence-electron chi connectivity index (χ1n) is 11.7. The Labute approximate surface area is 200 Å². The molecule has 0 aliphatic carbocycles. The van der Waals surface area contributed by atoms with Crippen molar-refractivity contribution in [2.24, 2.45) is 0 Å². The lowest BCUT2D eigenvalue weighted by atomic mass is 9.85. The predicted molar refractivity (Wildman–Crippen MR) is 131 cm³/mol. The fraction of sp³-hybridized carbons (Fsp3) is 0.370. The van der Waals surface area contributed by atoms with Crippen LogP contribution in [0.5, 0.6) is 11.5 Å². The van der Waals surface area contributed by atoms with Gasteiger partial charge in [0.1, 0.15) is 5.82 Å². The molecule has 7 nitrogen and oxygen atoms in total. The van der Waals surface area contributed by atoms with E-state index in [9.17, 15) is 9.59 Å². The van der Waals surface area contributed by atoms with Gasteiger partial charge in [-0.15, -0.1) is 0 Å². The van der Waals surface area contributed by atoms with Crippen LogP contribution in [0.4, 0.5) is 5.82 Å². The molecule has 1 aromatic heterocycles. The normalized spacial score (nSPS) is 15.0. The number of amides is 1. The van der Waals surface area contributed by atoms with Gasteiger partial charge < -0.3 is 14.8 Å². The van der Waals surface area contributed by atoms with Gasteiger partial charge in [-0.25, -0.2) is 4.68 Å². The van der Waals surface area contributed by atoms with Crippen molar-refractivity contribution >= 4 is 17.5 Å². The Hall–Kier alpha value is -3.61. The molecule has 0 saturated heterocycles. The highest BCUT2D eigenvalue weighted by Gasteiger charge is 2.36. The average Bonchev–Trinajstić information content (AvgIpc) is 3.15. The van der Waals surface area contributed by atoms with Gasteiger partial charge in [0.05, 0.1) is 31.0 Å². The number of benzene rings is 2. The average molecular weight is 462 g/mol. The van der Waals surface area contributed by atoms with Gasteiger partial charge in [-0.05, 0) is 62.6 Å². The van der Waals surface area contributed by atoms with Crippen LogP contribution < -0.4 is 14.8 Å². The molecule has 1 aliphatic rings. The van der Waals surface area contributed by atoms with E-state index in [2.05, 4.69) is 12.2 Å². The molecule has 0 unspecified atom stereocenters. The maximum Gasteiger partial charge on any atom is 0.226 e. The van der Waals surface area contributed by atoms with Crippen molar-refractivity contribution in [2.75, 3.05) is 19.0 Å². The lowest BCUT2D eigenvalue weighted by Crippen LogP contribution is -2.28. The third-order valence-corrected chi connectivity index (χ3v) is 6.43. The number of carbonyl (C=O) groups is 2. The highest BCUT2D eigenvalue weighted by molar-refractivity contribution is 6.08. The number of carbonyl (C=O) groups excluding carboxylic acids is 2. The van der Waals surface area contributed by atoms with E-state index in [1.54, 1.807) is 30.0 Å². The second-order valence-corrected chi connectivity index (χ2v) is 8.72. The zero-order valence-corrected chi connectivity index (χ0v) is 20.4. The Kier molecular flexibility index (Phi) is 6.72. The molecule has 0 spiro atoms. The third kappa shape index (κ3) is 4.30. The second-order valence-electron chi connectivity index (χ2n) is 8.72. The Morgan fingerprint density at radius 1 is 1.18 bits per heavy atom. The highest BCUT2D eigenvalue weighted by atomic mass is 16.5. The Balaban J connectivity index is 1.72. The first kappa shape index (κ1) is 23.5. The molecule has 2 aromatic carbocycles. The van der Waals surface area contributed by atoms with E-state index in [-0.39, 0.29) is 18.1 Å². The molecule has 0 saturated carbocycles. The van der Waals surface area contributed by atoms with E-state index < -0.39 is 5.92 Å². The van der Waals surface area contributed by atoms with Crippen LogP contribution in [0.15, 0.2) is 36.4 Å². The Morgan fingerprint density at radius 2 is 1.97 bits per heavy atom. The molecule has 1 aliphatic heterocycles. The maximum absolute atomic E-state index is 13.7. The number of nitrogens with zero attached hydrogens (tertiary/aromatic N) is 2. The Morgan fingerprint density at radius 3 is 2.71 bits per heavy atom. The smallest absolute Gasteiger partial charge is 0.226 e. The molecule has 0 fully saturated rings. The molecule has 2 heterocycles. The highest BCUT2D eigenvalue weighted by Crippen LogP contribution is 2.40. The number of Topliss-reactive ketones (excluding diaryl/α,β-unsaturated/α-hetero) is 1. The number of methoxy groups -OCH3 is 1. The second kappa shape index (κ2) is 9.71. The summed E-state index contributed by atoms with van der Waals surface area (Å²) >= 11 is 0. The van der Waals surface area contributed by atoms with Crippen LogP contribution in [0.25, 0.3) is 5.69 Å². The van der Waals surface area contributed by atoms with Gasteiger partial charge >= 0.3 is 0 Å². The number of hydrogen-bond donors (Lipinski definition) is 1. The minimum atomic E-state index is -0.626. The first-order chi connectivity index (χ1) is 16.3. The van der Waals surface area contributed by atoms with E-state index in [1.165, 1.54) is 0 Å². The summed E-state index contributed by atoms with van der Waals surface area (Å²) in [6.45, 7) is 8.63. The van der Waals surface area contributed by atoms with E-state index in [4.69, 9.17) is 14.6 Å². The number of ketones is 1. The van der Waals surface area contributed by atoms with Crippen LogP contribution in [0, 0.1) is 20.8 Å². The number of unbranched alkanes of at least 4 members (excludes halogenated alkanes) is 1. The molecule has 178 valence electrons. The minimum absolute atomic E-state index is 0.0717. The molecule has 0 bridgehead atoms. The minimum Gasteiger partial charge on any atom is -0.493 e.